The van der Waals surface area contributed by atoms with E-state index in [0.717, 1.165) is 11.1 Å². The molecule has 0 fully saturated rings. The Kier molecular flexibility index (Phi) is 3.90. The Bertz CT molecular complexity index is 305. The average molecular weight is 288 g/mol. The van der Waals surface area contributed by atoms with E-state index < -0.39 is 0 Å². The molecule has 0 amide bonds. The molecule has 0 saturated carbocycles. The van der Waals surface area contributed by atoms with E-state index in [1.807, 2.05) is 31.2 Å². The maximum absolute atomic E-state index is 11.7. The highest BCUT2D eigenvalue weighted by atomic mass is 127. The predicted octanol–water partition coefficient (Wildman–Crippen LogP) is 3.39. The van der Waals surface area contributed by atoms with Gasteiger partial charge < -0.3 is 0 Å². The highest BCUT2D eigenvalue weighted by molar-refractivity contribution is 14.1. The van der Waals surface area contributed by atoms with Gasteiger partial charge in [0.25, 0.3) is 0 Å². The van der Waals surface area contributed by atoms with Crippen molar-refractivity contribution in [2.24, 2.45) is 0 Å². The third-order valence-electron chi connectivity index (χ3n) is 1.91. The van der Waals surface area contributed by atoms with Gasteiger partial charge in [-0.2, -0.15) is 0 Å². The van der Waals surface area contributed by atoms with E-state index in [-0.39, 0.29) is 5.78 Å². The minimum absolute atomic E-state index is 0.250. The van der Waals surface area contributed by atoms with Crippen molar-refractivity contribution in [2.75, 3.05) is 0 Å². The van der Waals surface area contributed by atoms with Gasteiger partial charge >= 0.3 is 0 Å². The number of aryl methyl sites for hydroxylation is 1. The summed E-state index contributed by atoms with van der Waals surface area (Å²) >= 11 is 2.28. The standard InChI is InChI=1S/C11H13IO/c1-8-5-3-4-6-10(8)11(13)7-9(2)12/h3-6,9H,7H2,1-2H3. The summed E-state index contributed by atoms with van der Waals surface area (Å²) in [6.45, 7) is 4.03. The molecule has 1 nitrogen and oxygen atoms in total. The van der Waals surface area contributed by atoms with Crippen molar-refractivity contribution in [2.45, 2.75) is 24.2 Å². The van der Waals surface area contributed by atoms with E-state index in [9.17, 15) is 4.79 Å². The van der Waals surface area contributed by atoms with Gasteiger partial charge in [0.2, 0.25) is 0 Å². The number of carbonyl (C=O) groups excluding carboxylic acids is 1. The zero-order chi connectivity index (χ0) is 9.84. The second-order valence-corrected chi connectivity index (χ2v) is 5.35. The van der Waals surface area contributed by atoms with Crippen molar-refractivity contribution in [3.8, 4) is 0 Å². The monoisotopic (exact) mass is 288 g/mol. The number of Topliss-reactive ketones (excluding diaryl/α,β-unsaturated/α-hetero) is 1. The fraction of sp³-hybridized carbons (Fsp3) is 0.364. The zero-order valence-electron chi connectivity index (χ0n) is 7.88. The van der Waals surface area contributed by atoms with Crippen LogP contribution in [-0.4, -0.2) is 9.71 Å². The Labute approximate surface area is 92.7 Å². The molecular weight excluding hydrogens is 275 g/mol. The first kappa shape index (κ1) is 10.7. The van der Waals surface area contributed by atoms with Gasteiger partial charge in [-0.25, -0.2) is 0 Å². The van der Waals surface area contributed by atoms with Crippen LogP contribution >= 0.6 is 22.6 Å². The van der Waals surface area contributed by atoms with E-state index in [2.05, 4.69) is 29.5 Å². The van der Waals surface area contributed by atoms with Gasteiger partial charge in [0.1, 0.15) is 0 Å². The quantitative estimate of drug-likeness (QED) is 0.473. The van der Waals surface area contributed by atoms with Gasteiger partial charge in [-0.3, -0.25) is 4.79 Å². The summed E-state index contributed by atoms with van der Waals surface area (Å²) in [7, 11) is 0. The highest BCUT2D eigenvalue weighted by Crippen LogP contribution is 2.14. The summed E-state index contributed by atoms with van der Waals surface area (Å²) in [6, 6.07) is 7.75. The zero-order valence-corrected chi connectivity index (χ0v) is 10.0. The van der Waals surface area contributed by atoms with Crippen LogP contribution in [0, 0.1) is 6.92 Å². The number of halogens is 1. The molecule has 13 heavy (non-hydrogen) atoms. The Morgan fingerprint density at radius 3 is 2.62 bits per heavy atom. The normalized spacial score (nSPS) is 12.5. The Morgan fingerprint density at radius 1 is 1.46 bits per heavy atom. The van der Waals surface area contributed by atoms with Crippen LogP contribution in [-0.2, 0) is 0 Å². The molecule has 0 aliphatic rings. The molecule has 1 unspecified atom stereocenters. The first-order valence-electron chi connectivity index (χ1n) is 4.34. The molecule has 0 aromatic heterocycles. The molecule has 1 rings (SSSR count). The van der Waals surface area contributed by atoms with E-state index >= 15 is 0 Å². The molecule has 1 aromatic carbocycles. The maximum atomic E-state index is 11.7. The molecule has 1 aromatic rings. The van der Waals surface area contributed by atoms with E-state index in [1.54, 1.807) is 0 Å². The molecule has 0 N–H and O–H groups in total. The summed E-state index contributed by atoms with van der Waals surface area (Å²) in [4.78, 5) is 11.7. The molecule has 2 heteroatoms. The Balaban J connectivity index is 2.83. The lowest BCUT2D eigenvalue weighted by Crippen LogP contribution is -2.06. The largest absolute Gasteiger partial charge is 0.294 e. The molecule has 0 heterocycles. The van der Waals surface area contributed by atoms with Crippen LogP contribution in [0.5, 0.6) is 0 Å². The topological polar surface area (TPSA) is 17.1 Å². The van der Waals surface area contributed by atoms with Gasteiger partial charge in [0, 0.05) is 15.9 Å². The molecule has 70 valence electrons. The Morgan fingerprint density at radius 2 is 2.08 bits per heavy atom. The van der Waals surface area contributed by atoms with Crippen LogP contribution in [0.4, 0.5) is 0 Å². The van der Waals surface area contributed by atoms with E-state index in [4.69, 9.17) is 0 Å². The lowest BCUT2D eigenvalue weighted by Gasteiger charge is -2.05. The number of rotatable bonds is 3. The highest BCUT2D eigenvalue weighted by Gasteiger charge is 2.10. The van der Waals surface area contributed by atoms with Crippen molar-refractivity contribution in [1.82, 2.24) is 0 Å². The van der Waals surface area contributed by atoms with Crippen molar-refractivity contribution in [3.05, 3.63) is 35.4 Å². The van der Waals surface area contributed by atoms with Gasteiger partial charge in [-0.1, -0.05) is 53.8 Å². The van der Waals surface area contributed by atoms with Crippen LogP contribution in [0.25, 0.3) is 0 Å². The molecule has 0 saturated heterocycles. The van der Waals surface area contributed by atoms with Crippen LogP contribution < -0.4 is 0 Å². The molecule has 0 aliphatic heterocycles. The van der Waals surface area contributed by atoms with Crippen LogP contribution in [0.2, 0.25) is 0 Å². The third-order valence-corrected chi connectivity index (χ3v) is 2.35. The minimum Gasteiger partial charge on any atom is -0.294 e. The number of alkyl halides is 1. The van der Waals surface area contributed by atoms with Crippen molar-refractivity contribution >= 4 is 28.4 Å². The number of carbonyl (C=O) groups is 1. The van der Waals surface area contributed by atoms with E-state index in [1.165, 1.54) is 0 Å². The summed E-state index contributed by atoms with van der Waals surface area (Å²) in [6.07, 6.45) is 0.630. The van der Waals surface area contributed by atoms with Crippen molar-refractivity contribution < 1.29 is 4.79 Å². The first-order valence-corrected chi connectivity index (χ1v) is 5.58. The van der Waals surface area contributed by atoms with Crippen LogP contribution in [0.15, 0.2) is 24.3 Å². The van der Waals surface area contributed by atoms with Crippen molar-refractivity contribution in [1.29, 1.82) is 0 Å². The molecule has 1 atom stereocenters. The fourth-order valence-corrected chi connectivity index (χ4v) is 1.65. The lowest BCUT2D eigenvalue weighted by atomic mass is 10.0. The molecular formula is C11H13IO. The average Bonchev–Trinajstić information content (AvgIpc) is 2.03. The minimum atomic E-state index is 0.250. The molecule has 0 aliphatic carbocycles. The second kappa shape index (κ2) is 4.74. The second-order valence-electron chi connectivity index (χ2n) is 3.22. The summed E-state index contributed by atoms with van der Waals surface area (Å²) < 4.78 is 0.407. The van der Waals surface area contributed by atoms with Gasteiger partial charge in [0.15, 0.2) is 5.78 Å². The smallest absolute Gasteiger partial charge is 0.164 e. The molecule has 0 bridgehead atoms. The van der Waals surface area contributed by atoms with Crippen LogP contribution in [0.3, 0.4) is 0 Å². The summed E-state index contributed by atoms with van der Waals surface area (Å²) in [5, 5.41) is 0. The number of hydrogen-bond acceptors (Lipinski definition) is 1. The first-order chi connectivity index (χ1) is 6.11. The van der Waals surface area contributed by atoms with Gasteiger partial charge in [-0.05, 0) is 12.5 Å². The summed E-state index contributed by atoms with van der Waals surface area (Å²) in [5.74, 6) is 0.250. The van der Waals surface area contributed by atoms with Gasteiger partial charge in [0.05, 0.1) is 0 Å². The Hall–Kier alpha value is -0.380. The third kappa shape index (κ3) is 3.10. The number of benzene rings is 1. The summed E-state index contributed by atoms with van der Waals surface area (Å²) in [5.41, 5.74) is 1.94. The number of hydrogen-bond donors (Lipinski definition) is 0. The van der Waals surface area contributed by atoms with Crippen molar-refractivity contribution in [3.63, 3.8) is 0 Å². The SMILES string of the molecule is Cc1ccccc1C(=O)CC(C)I. The number of ketones is 1. The molecule has 0 radical (unpaired) electrons. The van der Waals surface area contributed by atoms with Gasteiger partial charge in [-0.15, -0.1) is 0 Å². The molecule has 0 spiro atoms. The maximum Gasteiger partial charge on any atom is 0.164 e. The lowest BCUT2D eigenvalue weighted by molar-refractivity contribution is 0.0984. The van der Waals surface area contributed by atoms with E-state index in [0.29, 0.717) is 10.3 Å². The van der Waals surface area contributed by atoms with Crippen LogP contribution in [0.1, 0.15) is 29.3 Å². The fourth-order valence-electron chi connectivity index (χ4n) is 1.25. The predicted molar refractivity (Wildman–Crippen MR) is 63.6 cm³/mol.